The number of carbonyl (C=O) groups excluding carboxylic acids is 3. The standard InChI is InChI=1S/C43H56ClN5O9/c1-7-27-22-43(27,40(52)53)47-38(50)32-21-30(23-49(32)39(51)37(42(4,5)6)46-41(54)58-29-18-25-17-26(25)19-29)57-34-20-28(16-24(2)3)45-36-31(34)8-9-33(35(36)44)56-15-12-48-10-13-55-14-11-48/h7-9,16,20,25-27,29-30,32,37H,1,10-15,17-19,21-23H2,2-6H3,(H,46,54)(H,47,50)(H,52,53)/t25-,26+,27-,29?,30-,32+,37-,43-/m1/s1. The Morgan fingerprint density at radius 3 is 2.45 bits per heavy atom. The molecule has 3 heterocycles. The van der Waals surface area contributed by atoms with Crippen LogP contribution in [0.1, 0.15) is 72.4 Å². The molecule has 15 heteroatoms. The molecule has 1 aromatic heterocycles. The first-order chi connectivity index (χ1) is 27.6. The molecule has 8 atom stereocenters. The van der Waals surface area contributed by atoms with Gasteiger partial charge >= 0.3 is 12.1 Å². The number of nitrogens with zero attached hydrogens (tertiary/aromatic N) is 3. The van der Waals surface area contributed by atoms with Gasteiger partial charge in [-0.3, -0.25) is 14.5 Å². The number of amides is 3. The van der Waals surface area contributed by atoms with Gasteiger partial charge in [-0.25, -0.2) is 14.6 Å². The summed E-state index contributed by atoms with van der Waals surface area (Å²) in [4.78, 5) is 63.0. The fourth-order valence-electron chi connectivity index (χ4n) is 8.66. The number of benzene rings is 1. The lowest BCUT2D eigenvalue weighted by atomic mass is 9.85. The predicted octanol–water partition coefficient (Wildman–Crippen LogP) is 5.46. The topological polar surface area (TPSA) is 169 Å². The zero-order valence-corrected chi connectivity index (χ0v) is 34.8. The van der Waals surface area contributed by atoms with Crippen molar-refractivity contribution in [2.75, 3.05) is 46.0 Å². The molecule has 1 unspecified atom stereocenters. The number of carbonyl (C=O) groups is 4. The maximum atomic E-state index is 14.7. The molecule has 3 saturated carbocycles. The van der Waals surface area contributed by atoms with Gasteiger partial charge in [0.15, 0.2) is 0 Å². The van der Waals surface area contributed by atoms with Crippen LogP contribution in [-0.4, -0.2) is 120 Å². The lowest BCUT2D eigenvalue weighted by Gasteiger charge is -2.35. The first-order valence-electron chi connectivity index (χ1n) is 20.4. The van der Waals surface area contributed by atoms with Gasteiger partial charge in [-0.05, 0) is 75.0 Å². The second-order valence-corrected chi connectivity index (χ2v) is 18.2. The largest absolute Gasteiger partial charge is 0.491 e. The molecule has 7 rings (SSSR count). The molecule has 58 heavy (non-hydrogen) atoms. The molecule has 5 aliphatic rings. The summed E-state index contributed by atoms with van der Waals surface area (Å²) in [6.07, 6.45) is 4.90. The number of carboxylic acid groups (broad SMARTS) is 1. The van der Waals surface area contributed by atoms with Crippen molar-refractivity contribution in [3.05, 3.63) is 47.1 Å². The molecule has 3 N–H and O–H groups in total. The highest BCUT2D eigenvalue weighted by atomic mass is 35.5. The van der Waals surface area contributed by atoms with Crippen LogP contribution in [0.5, 0.6) is 11.5 Å². The van der Waals surface area contributed by atoms with Crippen molar-refractivity contribution in [3.63, 3.8) is 0 Å². The highest BCUT2D eigenvalue weighted by Gasteiger charge is 2.61. The molecule has 3 amide bonds. The van der Waals surface area contributed by atoms with E-state index in [0.717, 1.165) is 38.0 Å². The lowest BCUT2D eigenvalue weighted by molar-refractivity contribution is -0.146. The van der Waals surface area contributed by atoms with E-state index >= 15 is 0 Å². The zero-order valence-electron chi connectivity index (χ0n) is 34.1. The molecular weight excluding hydrogens is 766 g/mol. The Morgan fingerprint density at radius 1 is 1.09 bits per heavy atom. The van der Waals surface area contributed by atoms with Crippen molar-refractivity contribution in [3.8, 4) is 11.5 Å². The number of hydrogen-bond acceptors (Lipinski definition) is 10. The van der Waals surface area contributed by atoms with E-state index in [1.807, 2.05) is 46.8 Å². The summed E-state index contributed by atoms with van der Waals surface area (Å²) < 4.78 is 24.1. The molecule has 14 nitrogen and oxygen atoms in total. The Balaban J connectivity index is 1.15. The van der Waals surface area contributed by atoms with Crippen molar-refractivity contribution in [1.29, 1.82) is 0 Å². The third kappa shape index (κ3) is 9.08. The fraction of sp³-hybridized carbons (Fsp3) is 0.605. The minimum Gasteiger partial charge on any atom is -0.491 e. The Labute approximate surface area is 344 Å². The highest BCUT2D eigenvalue weighted by molar-refractivity contribution is 6.36. The second-order valence-electron chi connectivity index (χ2n) is 17.8. The third-order valence-electron chi connectivity index (χ3n) is 12.1. The van der Waals surface area contributed by atoms with Gasteiger partial charge in [0.2, 0.25) is 11.8 Å². The van der Waals surface area contributed by atoms with Gasteiger partial charge in [0.05, 0.1) is 31.0 Å². The Bertz CT molecular complexity index is 1960. The molecule has 2 saturated heterocycles. The number of carboxylic acids is 1. The minimum absolute atomic E-state index is 0.0184. The Morgan fingerprint density at radius 2 is 1.81 bits per heavy atom. The third-order valence-corrected chi connectivity index (χ3v) is 12.5. The van der Waals surface area contributed by atoms with E-state index in [2.05, 4.69) is 22.1 Å². The molecule has 2 aromatic rings. The number of fused-ring (bicyclic) bond motifs is 2. The van der Waals surface area contributed by atoms with Gasteiger partial charge in [-0.15, -0.1) is 6.58 Å². The number of alkyl carbamates (subject to hydrolysis) is 1. The molecular formula is C43H56ClN5O9. The molecule has 314 valence electrons. The minimum atomic E-state index is -1.51. The first kappa shape index (κ1) is 41.7. The summed E-state index contributed by atoms with van der Waals surface area (Å²) in [5.41, 5.74) is -0.231. The number of aromatic nitrogens is 1. The Hall–Kier alpha value is -4.40. The van der Waals surface area contributed by atoms with Crippen molar-refractivity contribution >= 4 is 52.5 Å². The van der Waals surface area contributed by atoms with Crippen molar-refractivity contribution < 1.29 is 43.2 Å². The average molecular weight is 822 g/mol. The highest BCUT2D eigenvalue weighted by Crippen LogP contribution is 2.52. The van der Waals surface area contributed by atoms with Gasteiger partial charge in [0.1, 0.15) is 53.0 Å². The summed E-state index contributed by atoms with van der Waals surface area (Å²) >= 11 is 6.99. The summed E-state index contributed by atoms with van der Waals surface area (Å²) in [6.45, 7) is 17.3. The van der Waals surface area contributed by atoms with Crippen LogP contribution in [0.15, 0.2) is 36.4 Å². The first-order valence-corrected chi connectivity index (χ1v) is 20.8. The van der Waals surface area contributed by atoms with Crippen LogP contribution in [0.4, 0.5) is 4.79 Å². The van der Waals surface area contributed by atoms with Crippen LogP contribution in [0, 0.1) is 23.2 Å². The monoisotopic (exact) mass is 821 g/mol. The van der Waals surface area contributed by atoms with Gasteiger partial charge in [0, 0.05) is 43.4 Å². The van der Waals surface area contributed by atoms with Crippen molar-refractivity contribution in [2.24, 2.45) is 23.2 Å². The lowest BCUT2D eigenvalue weighted by Crippen LogP contribution is -2.59. The molecule has 0 bridgehead atoms. The molecule has 1 aromatic carbocycles. The van der Waals surface area contributed by atoms with Crippen molar-refractivity contribution in [1.82, 2.24) is 25.4 Å². The molecule has 3 aliphatic carbocycles. The fourth-order valence-corrected chi connectivity index (χ4v) is 8.92. The molecule has 5 fully saturated rings. The van der Waals surface area contributed by atoms with E-state index < -0.39 is 58.9 Å². The average Bonchev–Trinajstić information content (AvgIpc) is 3.98. The maximum Gasteiger partial charge on any atom is 0.408 e. The van der Waals surface area contributed by atoms with Crippen LogP contribution >= 0.6 is 11.6 Å². The number of hydrogen-bond donors (Lipinski definition) is 3. The van der Waals surface area contributed by atoms with E-state index in [-0.39, 0.29) is 25.5 Å². The maximum absolute atomic E-state index is 14.7. The van der Waals surface area contributed by atoms with Crippen LogP contribution < -0.4 is 20.1 Å². The SMILES string of the molecule is C=C[C@@H]1C[C@]1(NC(=O)[C@@H]1C[C@@H](Oc2cc(C=C(C)C)nc3c(Cl)c(OCCN4CCOCC4)ccc23)CN1C(=O)[C@@H](NC(=O)OC1C[C@@H]2C[C@@H]2C1)C(C)(C)C)C(=O)O. The van der Waals surface area contributed by atoms with Gasteiger partial charge in [-0.1, -0.05) is 44.0 Å². The van der Waals surface area contributed by atoms with Crippen LogP contribution in [0.25, 0.3) is 17.0 Å². The number of morpholine rings is 1. The number of ether oxygens (including phenoxy) is 4. The summed E-state index contributed by atoms with van der Waals surface area (Å²) in [5.74, 6) is -0.624. The predicted molar refractivity (Wildman–Crippen MR) is 218 cm³/mol. The van der Waals surface area contributed by atoms with E-state index in [1.54, 1.807) is 12.1 Å². The van der Waals surface area contributed by atoms with Crippen LogP contribution in [-0.2, 0) is 23.9 Å². The summed E-state index contributed by atoms with van der Waals surface area (Å²) in [6, 6.07) is 3.24. The van der Waals surface area contributed by atoms with Gasteiger partial charge < -0.3 is 39.6 Å². The molecule has 2 aliphatic heterocycles. The summed E-state index contributed by atoms with van der Waals surface area (Å²) in [5, 5.41) is 16.6. The number of likely N-dealkylation sites (tertiary alicyclic amines) is 1. The van der Waals surface area contributed by atoms with Crippen LogP contribution in [0.2, 0.25) is 5.02 Å². The zero-order chi connectivity index (χ0) is 41.5. The van der Waals surface area contributed by atoms with E-state index in [4.69, 9.17) is 35.5 Å². The number of aliphatic carboxylic acids is 1. The smallest absolute Gasteiger partial charge is 0.408 e. The normalized spacial score (nSPS) is 28.2. The quantitative estimate of drug-likeness (QED) is 0.207. The summed E-state index contributed by atoms with van der Waals surface area (Å²) in [7, 11) is 0. The van der Waals surface area contributed by atoms with Gasteiger partial charge in [-0.2, -0.15) is 0 Å². The number of halogens is 1. The van der Waals surface area contributed by atoms with E-state index in [0.29, 0.717) is 64.8 Å². The Kier molecular flexibility index (Phi) is 12.0. The number of pyridine rings is 1. The second kappa shape index (κ2) is 16.7. The molecule has 0 spiro atoms. The number of allylic oxidation sites excluding steroid dienone is 1. The van der Waals surface area contributed by atoms with Gasteiger partial charge in [0.25, 0.3) is 0 Å². The molecule has 0 radical (unpaired) electrons. The number of nitrogens with one attached hydrogen (secondary N) is 2. The van der Waals surface area contributed by atoms with Crippen LogP contribution in [0.3, 0.4) is 0 Å². The van der Waals surface area contributed by atoms with Crippen molar-refractivity contribution in [2.45, 2.75) is 96.6 Å². The number of rotatable bonds is 14. The van der Waals surface area contributed by atoms with E-state index in [9.17, 15) is 24.3 Å². The van der Waals surface area contributed by atoms with E-state index in [1.165, 1.54) is 17.4 Å².